The number of piperidine rings is 1. The number of carbonyl (C=O) groups is 1. The lowest BCUT2D eigenvalue weighted by Crippen LogP contribution is -2.63. The van der Waals surface area contributed by atoms with Gasteiger partial charge in [0.2, 0.25) is 0 Å². The number of methoxy groups -OCH3 is 1. The molecule has 2 aromatic heterocycles. The minimum atomic E-state index is -4.73. The molecule has 2 saturated carbocycles. The van der Waals surface area contributed by atoms with Gasteiger partial charge < -0.3 is 29.4 Å². The number of aromatic amines is 1. The lowest BCUT2D eigenvalue weighted by Gasteiger charge is -2.57. The average molecular weight is 1020 g/mol. The Morgan fingerprint density at radius 1 is 1.00 bits per heavy atom. The first-order valence-corrected chi connectivity index (χ1v) is 27.8. The summed E-state index contributed by atoms with van der Waals surface area (Å²) >= 11 is 0. The number of hydrogen-bond donors (Lipinski definition) is 3. The van der Waals surface area contributed by atoms with Gasteiger partial charge in [0.05, 0.1) is 38.6 Å². The minimum absolute atomic E-state index is 0.0195. The Morgan fingerprint density at radius 2 is 1.75 bits per heavy atom. The number of halogens is 1. The molecule has 0 radical (unpaired) electrons. The van der Waals surface area contributed by atoms with Gasteiger partial charge in [0.25, 0.3) is 21.6 Å². The molecule has 5 aliphatic rings. The topological polar surface area (TPSA) is 181 Å². The number of sulfonamides is 1. The van der Waals surface area contributed by atoms with Gasteiger partial charge in [-0.15, -0.1) is 0 Å². The number of carbonyl (C=O) groups excluding carboxylic acids is 1. The predicted octanol–water partition coefficient (Wildman–Crippen LogP) is 11.2. The molecule has 4 atom stereocenters. The SMILES string of the molecule is CO[C@@H](C)CCc1nc2[nH]cc(F)c2cc1Oc1cc(N2CCC3(CC2)CN([C@H]2CCC[C@H]2c2ccccc2C(C)C)C3)ccc1C(=O)NS(=O)(=O)c1cc2c(c([N+](=O)[O-])c1)N[C@@H](C1CCC(C)(C)CC1)CO2. The van der Waals surface area contributed by atoms with Gasteiger partial charge in [-0.1, -0.05) is 58.4 Å². The molecule has 390 valence electrons. The molecule has 1 spiro atoms. The fourth-order valence-electron chi connectivity index (χ4n) is 12.4. The number of rotatable bonds is 15. The third-order valence-electron chi connectivity index (χ3n) is 17.0. The van der Waals surface area contributed by atoms with Gasteiger partial charge in [0.15, 0.2) is 11.4 Å². The molecule has 10 rings (SSSR count). The van der Waals surface area contributed by atoms with Crippen LogP contribution in [0.3, 0.4) is 0 Å². The molecule has 0 bridgehead atoms. The van der Waals surface area contributed by atoms with Crippen molar-refractivity contribution in [2.24, 2.45) is 16.7 Å². The molecular formula is C56H70FN7O8S. The molecule has 2 saturated heterocycles. The van der Waals surface area contributed by atoms with Crippen LogP contribution < -0.4 is 24.4 Å². The lowest BCUT2D eigenvalue weighted by atomic mass is 9.70. The number of aromatic nitrogens is 2. The van der Waals surface area contributed by atoms with Crippen LogP contribution in [0.5, 0.6) is 17.2 Å². The second-order valence-corrected chi connectivity index (χ2v) is 24.4. The summed E-state index contributed by atoms with van der Waals surface area (Å²) in [6.07, 6.45) is 11.6. The van der Waals surface area contributed by atoms with Gasteiger partial charge >= 0.3 is 0 Å². The zero-order chi connectivity index (χ0) is 51.4. The summed E-state index contributed by atoms with van der Waals surface area (Å²) in [5.74, 6) is -0.0383. The molecule has 3 N–H and O–H groups in total. The Balaban J connectivity index is 0.904. The predicted molar refractivity (Wildman–Crippen MR) is 280 cm³/mol. The first-order valence-electron chi connectivity index (χ1n) is 26.3. The number of aryl methyl sites for hydroxylation is 1. The molecule has 17 heteroatoms. The van der Waals surface area contributed by atoms with Crippen LogP contribution in [-0.4, -0.2) is 92.2 Å². The van der Waals surface area contributed by atoms with Crippen molar-refractivity contribution in [3.05, 3.63) is 105 Å². The second kappa shape index (κ2) is 20.2. The van der Waals surface area contributed by atoms with Crippen molar-refractivity contribution in [2.75, 3.05) is 50.1 Å². The Hall–Kier alpha value is -5.78. The van der Waals surface area contributed by atoms with E-state index in [1.165, 1.54) is 54.8 Å². The van der Waals surface area contributed by atoms with Crippen LogP contribution in [0.1, 0.15) is 138 Å². The van der Waals surface area contributed by atoms with Crippen LogP contribution >= 0.6 is 0 Å². The van der Waals surface area contributed by atoms with Gasteiger partial charge in [0, 0.05) is 69.4 Å². The summed E-state index contributed by atoms with van der Waals surface area (Å²) in [5.41, 5.74) is 4.54. The zero-order valence-corrected chi connectivity index (χ0v) is 43.8. The van der Waals surface area contributed by atoms with Crippen molar-refractivity contribution < 1.29 is 36.7 Å². The van der Waals surface area contributed by atoms with Crippen molar-refractivity contribution in [1.29, 1.82) is 0 Å². The normalized spacial score (nSPS) is 22.4. The number of hydrogen-bond acceptors (Lipinski definition) is 12. The molecular weight excluding hydrogens is 950 g/mol. The maximum Gasteiger partial charge on any atom is 0.297 e. The Morgan fingerprint density at radius 3 is 2.48 bits per heavy atom. The number of benzene rings is 3. The van der Waals surface area contributed by atoms with E-state index < -0.39 is 37.3 Å². The number of pyridine rings is 1. The average Bonchev–Trinajstić information content (AvgIpc) is 4.00. The first kappa shape index (κ1) is 50.7. The molecule has 3 aliphatic heterocycles. The third kappa shape index (κ3) is 10.4. The molecule has 3 aromatic carbocycles. The number of ether oxygens (including phenoxy) is 3. The molecule has 15 nitrogen and oxygen atoms in total. The molecule has 4 fully saturated rings. The molecule has 5 heterocycles. The smallest absolute Gasteiger partial charge is 0.297 e. The summed E-state index contributed by atoms with van der Waals surface area (Å²) in [7, 11) is -3.11. The molecule has 5 aromatic rings. The van der Waals surface area contributed by atoms with Crippen molar-refractivity contribution in [3.63, 3.8) is 0 Å². The molecule has 1 amide bonds. The van der Waals surface area contributed by atoms with Gasteiger partial charge in [-0.05, 0) is 129 Å². The first-order chi connectivity index (χ1) is 34.9. The van der Waals surface area contributed by atoms with Gasteiger partial charge in [-0.3, -0.25) is 19.8 Å². The van der Waals surface area contributed by atoms with E-state index in [4.69, 9.17) is 19.2 Å². The summed E-state index contributed by atoms with van der Waals surface area (Å²) < 4.78 is 63.9. The Bertz CT molecular complexity index is 2990. The van der Waals surface area contributed by atoms with Crippen LogP contribution in [-0.2, 0) is 21.2 Å². The Kier molecular flexibility index (Phi) is 14.0. The van der Waals surface area contributed by atoms with Crippen LogP contribution in [0.15, 0.2) is 71.8 Å². The summed E-state index contributed by atoms with van der Waals surface area (Å²) in [4.78, 5) is 38.4. The van der Waals surface area contributed by atoms with E-state index in [0.29, 0.717) is 42.1 Å². The van der Waals surface area contributed by atoms with E-state index in [-0.39, 0.29) is 69.4 Å². The van der Waals surface area contributed by atoms with Crippen LogP contribution in [0.25, 0.3) is 11.0 Å². The highest BCUT2D eigenvalue weighted by atomic mass is 32.2. The maximum atomic E-state index is 15.1. The highest BCUT2D eigenvalue weighted by Crippen LogP contribution is 2.50. The quantitative estimate of drug-likeness (QED) is 0.0668. The summed E-state index contributed by atoms with van der Waals surface area (Å²) in [5, 5.41) is 16.0. The highest BCUT2D eigenvalue weighted by Gasteiger charge is 2.49. The number of nitrogens with one attached hydrogen (secondary N) is 3. The van der Waals surface area contributed by atoms with Gasteiger partial charge in [-0.25, -0.2) is 22.5 Å². The van der Waals surface area contributed by atoms with Gasteiger partial charge in [-0.2, -0.15) is 0 Å². The van der Waals surface area contributed by atoms with Gasteiger partial charge in [0.1, 0.15) is 29.6 Å². The van der Waals surface area contributed by atoms with Crippen molar-refractivity contribution in [3.8, 4) is 17.2 Å². The number of fused-ring (bicyclic) bond motifs is 2. The van der Waals surface area contributed by atoms with Crippen molar-refractivity contribution in [1.82, 2.24) is 19.6 Å². The van der Waals surface area contributed by atoms with E-state index in [1.54, 1.807) is 19.2 Å². The van der Waals surface area contributed by atoms with Crippen LogP contribution in [0, 0.1) is 32.7 Å². The summed E-state index contributed by atoms with van der Waals surface area (Å²) in [6.45, 7) is 14.9. The highest BCUT2D eigenvalue weighted by molar-refractivity contribution is 7.90. The lowest BCUT2D eigenvalue weighted by molar-refractivity contribution is -0.384. The number of H-pyrrole nitrogens is 1. The fourth-order valence-corrected chi connectivity index (χ4v) is 13.4. The molecule has 2 aliphatic carbocycles. The van der Waals surface area contributed by atoms with Crippen molar-refractivity contribution in [2.45, 2.75) is 140 Å². The largest absolute Gasteiger partial charge is 0.489 e. The Labute approximate surface area is 428 Å². The fraction of sp³-hybridized carbons (Fsp3) is 0.536. The monoisotopic (exact) mass is 1020 g/mol. The number of nitro benzene ring substituents is 1. The summed E-state index contributed by atoms with van der Waals surface area (Å²) in [6, 6.07) is 18.1. The molecule has 0 unspecified atom stereocenters. The second-order valence-electron chi connectivity index (χ2n) is 22.7. The van der Waals surface area contributed by atoms with E-state index in [1.807, 2.05) is 6.92 Å². The standard InChI is InChI=1S/C56H70FN7O8S/c1-34(2)39-10-7-8-11-40(39)41-12-9-13-47(41)63-32-56(33-63)22-24-62(25-23-56)37-15-16-42(49(26-37)72-50-29-43-44(57)30-58-53(43)60-45(50)17-14-35(3)70-6)54(65)61-73(68,69)38-27-48(64(66)67)52-51(28-38)71-31-46(59-52)36-18-20-55(4,5)21-19-36/h7-8,10-11,15-16,26-30,34-36,41,46-47,59H,9,12-14,17-25,31-33H2,1-6H3,(H,58,60)(H,61,65)/t35-,41-,46+,47-/m0/s1. The number of anilines is 2. The van der Waals surface area contributed by atoms with E-state index >= 15 is 4.39 Å². The van der Waals surface area contributed by atoms with Crippen molar-refractivity contribution >= 4 is 44.0 Å². The number of likely N-dealkylation sites (tertiary alicyclic amines) is 1. The zero-order valence-electron chi connectivity index (χ0n) is 43.0. The van der Waals surface area contributed by atoms with Crippen LogP contribution in [0.2, 0.25) is 0 Å². The maximum absolute atomic E-state index is 15.1. The van der Waals surface area contributed by atoms with E-state index in [2.05, 4.69) is 76.8 Å². The van der Waals surface area contributed by atoms with E-state index in [0.717, 1.165) is 76.5 Å². The number of nitro groups is 1. The van der Waals surface area contributed by atoms with Crippen LogP contribution in [0.4, 0.5) is 21.5 Å². The third-order valence-corrected chi connectivity index (χ3v) is 18.3. The molecule has 73 heavy (non-hydrogen) atoms. The number of amides is 1. The minimum Gasteiger partial charge on any atom is -0.489 e. The van der Waals surface area contributed by atoms with E-state index in [9.17, 15) is 23.3 Å². The number of nitrogens with zero attached hydrogens (tertiary/aromatic N) is 4.